The molecule has 1 aromatic rings. The van der Waals surface area contributed by atoms with Crippen LogP contribution in [0.25, 0.3) is 0 Å². The van der Waals surface area contributed by atoms with Gasteiger partial charge in [-0.3, -0.25) is 9.69 Å². The predicted molar refractivity (Wildman–Crippen MR) is 79.8 cm³/mol. The Kier molecular flexibility index (Phi) is 4.41. The van der Waals surface area contributed by atoms with Gasteiger partial charge in [-0.2, -0.15) is 0 Å². The van der Waals surface area contributed by atoms with Gasteiger partial charge in [0.1, 0.15) is 0 Å². The smallest absolute Gasteiger partial charge is 0.177 e. The zero-order valence-corrected chi connectivity index (χ0v) is 12.6. The van der Waals surface area contributed by atoms with Gasteiger partial charge in [0.2, 0.25) is 0 Å². The van der Waals surface area contributed by atoms with Gasteiger partial charge < -0.3 is 0 Å². The lowest BCUT2D eigenvalue weighted by molar-refractivity contribution is 0.0930. The molecule has 0 bridgehead atoms. The first-order valence-electron chi connectivity index (χ1n) is 7.34. The molecule has 2 rings (SSSR count). The van der Waals surface area contributed by atoms with E-state index in [4.69, 9.17) is 0 Å². The van der Waals surface area contributed by atoms with Crippen molar-refractivity contribution in [1.29, 1.82) is 0 Å². The molecule has 2 nitrogen and oxygen atoms in total. The van der Waals surface area contributed by atoms with E-state index in [2.05, 4.69) is 37.8 Å². The summed E-state index contributed by atoms with van der Waals surface area (Å²) in [7, 11) is 0. The van der Waals surface area contributed by atoms with E-state index in [1.165, 1.54) is 24.0 Å². The number of carbonyl (C=O) groups excluding carboxylic acids is 1. The molecule has 1 aliphatic rings. The van der Waals surface area contributed by atoms with Crippen LogP contribution in [-0.4, -0.2) is 30.3 Å². The van der Waals surface area contributed by atoms with Crippen LogP contribution in [0.5, 0.6) is 0 Å². The van der Waals surface area contributed by atoms with Crippen LogP contribution in [0.4, 0.5) is 0 Å². The maximum atomic E-state index is 12.5. The highest BCUT2D eigenvalue weighted by Gasteiger charge is 2.25. The molecule has 2 heteroatoms. The summed E-state index contributed by atoms with van der Waals surface area (Å²) in [5.41, 5.74) is 4.48. The summed E-state index contributed by atoms with van der Waals surface area (Å²) in [6.45, 7) is 11.0. The lowest BCUT2D eigenvalue weighted by Crippen LogP contribution is -2.32. The number of likely N-dealkylation sites (N-methyl/N-ethyl adjacent to an activating group) is 1. The summed E-state index contributed by atoms with van der Waals surface area (Å²) in [6, 6.07) is 4.18. The van der Waals surface area contributed by atoms with Gasteiger partial charge in [-0.1, -0.05) is 13.0 Å². The van der Waals surface area contributed by atoms with Crippen LogP contribution in [-0.2, 0) is 0 Å². The molecule has 0 unspecified atom stereocenters. The van der Waals surface area contributed by atoms with Crippen molar-refractivity contribution in [2.45, 2.75) is 40.5 Å². The van der Waals surface area contributed by atoms with E-state index < -0.39 is 0 Å². The van der Waals surface area contributed by atoms with Gasteiger partial charge in [-0.25, -0.2) is 0 Å². The molecule has 0 radical (unpaired) electrons. The fraction of sp³-hybridized carbons (Fsp3) is 0.588. The number of hydrogen-bond acceptors (Lipinski definition) is 2. The molecule has 0 spiro atoms. The largest absolute Gasteiger partial charge is 0.296 e. The van der Waals surface area contributed by atoms with Crippen molar-refractivity contribution in [3.8, 4) is 0 Å². The second kappa shape index (κ2) is 5.87. The normalized spacial score (nSPS) is 15.0. The minimum atomic E-state index is 0.267. The Balaban J connectivity index is 2.07. The summed E-state index contributed by atoms with van der Waals surface area (Å²) in [4.78, 5) is 14.7. The molecule has 0 atom stereocenters. The lowest BCUT2D eigenvalue weighted by atomic mass is 9.98. The Hall–Kier alpha value is -1.15. The average Bonchev–Trinajstić information content (AvgIpc) is 3.16. The number of carbonyl (C=O) groups is 1. The summed E-state index contributed by atoms with van der Waals surface area (Å²) in [5.74, 6) is 1.11. The zero-order valence-electron chi connectivity index (χ0n) is 12.6. The van der Waals surface area contributed by atoms with E-state index >= 15 is 0 Å². The van der Waals surface area contributed by atoms with Gasteiger partial charge in [-0.15, -0.1) is 0 Å². The Morgan fingerprint density at radius 3 is 2.37 bits per heavy atom. The quantitative estimate of drug-likeness (QED) is 0.728. The fourth-order valence-electron chi connectivity index (χ4n) is 2.52. The SMILES string of the molecule is CCN(CC(=O)c1cc(C)c(C)cc1C)CC1CC1. The minimum absolute atomic E-state index is 0.267. The van der Waals surface area contributed by atoms with Gasteiger partial charge in [0.05, 0.1) is 6.54 Å². The number of ketones is 1. The van der Waals surface area contributed by atoms with Crippen molar-refractivity contribution in [2.24, 2.45) is 5.92 Å². The average molecular weight is 259 g/mol. The van der Waals surface area contributed by atoms with E-state index in [-0.39, 0.29) is 5.78 Å². The number of Topliss-reactive ketones (excluding diaryl/α,β-unsaturated/α-hetero) is 1. The summed E-state index contributed by atoms with van der Waals surface area (Å²) >= 11 is 0. The first-order valence-corrected chi connectivity index (χ1v) is 7.34. The van der Waals surface area contributed by atoms with Gasteiger partial charge in [0.15, 0.2) is 5.78 Å². The van der Waals surface area contributed by atoms with E-state index in [1.54, 1.807) is 0 Å². The summed E-state index contributed by atoms with van der Waals surface area (Å²) < 4.78 is 0. The summed E-state index contributed by atoms with van der Waals surface area (Å²) in [6.07, 6.45) is 2.68. The second-order valence-electron chi connectivity index (χ2n) is 5.95. The third-order valence-electron chi connectivity index (χ3n) is 4.17. The van der Waals surface area contributed by atoms with Crippen LogP contribution in [0.2, 0.25) is 0 Å². The van der Waals surface area contributed by atoms with Crippen LogP contribution in [0.1, 0.15) is 46.8 Å². The molecule has 0 saturated heterocycles. The molecule has 0 aromatic heterocycles. The molecule has 0 amide bonds. The maximum absolute atomic E-state index is 12.5. The van der Waals surface area contributed by atoms with Gasteiger partial charge in [0, 0.05) is 12.1 Å². The third-order valence-corrected chi connectivity index (χ3v) is 4.17. The number of aryl methyl sites for hydroxylation is 3. The molecule has 0 N–H and O–H groups in total. The van der Waals surface area contributed by atoms with Crippen molar-refractivity contribution in [3.05, 3.63) is 34.4 Å². The Bertz CT molecular complexity index is 474. The highest BCUT2D eigenvalue weighted by atomic mass is 16.1. The zero-order chi connectivity index (χ0) is 14.0. The Labute approximate surface area is 116 Å². The van der Waals surface area contributed by atoms with E-state index in [9.17, 15) is 4.79 Å². The van der Waals surface area contributed by atoms with Crippen LogP contribution in [0, 0.1) is 26.7 Å². The van der Waals surface area contributed by atoms with Crippen molar-refractivity contribution in [3.63, 3.8) is 0 Å². The van der Waals surface area contributed by atoms with Gasteiger partial charge in [-0.05, 0) is 68.8 Å². The minimum Gasteiger partial charge on any atom is -0.296 e. The highest BCUT2D eigenvalue weighted by Crippen LogP contribution is 2.29. The monoisotopic (exact) mass is 259 g/mol. The molecule has 0 aliphatic heterocycles. The molecule has 1 fully saturated rings. The van der Waals surface area contributed by atoms with Crippen molar-refractivity contribution < 1.29 is 4.79 Å². The van der Waals surface area contributed by atoms with Crippen molar-refractivity contribution in [2.75, 3.05) is 19.6 Å². The Morgan fingerprint density at radius 2 is 1.79 bits per heavy atom. The van der Waals surface area contributed by atoms with E-state index in [0.29, 0.717) is 6.54 Å². The number of rotatable bonds is 6. The molecule has 104 valence electrons. The first kappa shape index (κ1) is 14.3. The molecular weight excluding hydrogens is 234 g/mol. The van der Waals surface area contributed by atoms with Gasteiger partial charge >= 0.3 is 0 Å². The topological polar surface area (TPSA) is 20.3 Å². The van der Waals surface area contributed by atoms with Crippen LogP contribution < -0.4 is 0 Å². The molecule has 19 heavy (non-hydrogen) atoms. The van der Waals surface area contributed by atoms with E-state index in [0.717, 1.165) is 30.1 Å². The molecule has 0 heterocycles. The standard InChI is InChI=1S/C17H25NO/c1-5-18(10-15-6-7-15)11-17(19)16-9-13(3)12(2)8-14(16)4/h8-9,15H,5-7,10-11H2,1-4H3. The maximum Gasteiger partial charge on any atom is 0.177 e. The van der Waals surface area contributed by atoms with Crippen LogP contribution in [0.3, 0.4) is 0 Å². The number of nitrogens with zero attached hydrogens (tertiary/aromatic N) is 1. The summed E-state index contributed by atoms with van der Waals surface area (Å²) in [5, 5.41) is 0. The number of hydrogen-bond donors (Lipinski definition) is 0. The van der Waals surface area contributed by atoms with E-state index in [1.807, 2.05) is 6.92 Å². The molecule has 1 saturated carbocycles. The lowest BCUT2D eigenvalue weighted by Gasteiger charge is -2.20. The highest BCUT2D eigenvalue weighted by molar-refractivity contribution is 5.99. The van der Waals surface area contributed by atoms with Crippen LogP contribution in [0.15, 0.2) is 12.1 Å². The van der Waals surface area contributed by atoms with Crippen molar-refractivity contribution in [1.82, 2.24) is 4.90 Å². The van der Waals surface area contributed by atoms with Crippen molar-refractivity contribution >= 4 is 5.78 Å². The van der Waals surface area contributed by atoms with Crippen LogP contribution >= 0.6 is 0 Å². The predicted octanol–water partition coefficient (Wildman–Crippen LogP) is 3.53. The van der Waals surface area contributed by atoms with Gasteiger partial charge in [0.25, 0.3) is 0 Å². The second-order valence-corrected chi connectivity index (χ2v) is 5.95. The fourth-order valence-corrected chi connectivity index (χ4v) is 2.52. The Morgan fingerprint density at radius 1 is 1.16 bits per heavy atom. The first-order chi connectivity index (χ1) is 9.01. The third kappa shape index (κ3) is 3.66. The molecule has 1 aliphatic carbocycles. The molecule has 1 aromatic carbocycles. The number of benzene rings is 1. The molecular formula is C17H25NO.